The van der Waals surface area contributed by atoms with Gasteiger partial charge in [0.2, 0.25) is 0 Å². The average molecular weight is 231 g/mol. The Bertz CT molecular complexity index is 333. The van der Waals surface area contributed by atoms with Gasteiger partial charge < -0.3 is 5.73 Å². The summed E-state index contributed by atoms with van der Waals surface area (Å²) in [5, 5.41) is 0. The Morgan fingerprint density at radius 2 is 1.88 bits per heavy atom. The molecule has 0 aliphatic carbocycles. The molecule has 0 aliphatic rings. The molecule has 0 fully saturated rings. The van der Waals surface area contributed by atoms with Crippen LogP contribution in [0.1, 0.15) is 24.0 Å². The first-order valence-corrected chi connectivity index (χ1v) is 5.25. The normalized spacial score (nSPS) is 13.8. The maximum atomic E-state index is 12.0. The fourth-order valence-corrected chi connectivity index (χ4v) is 1.57. The van der Waals surface area contributed by atoms with Gasteiger partial charge in [0, 0.05) is 12.5 Å². The van der Waals surface area contributed by atoms with Crippen molar-refractivity contribution in [1.82, 2.24) is 0 Å². The highest BCUT2D eigenvalue weighted by Crippen LogP contribution is 2.22. The average Bonchev–Trinajstić information content (AvgIpc) is 2.18. The van der Waals surface area contributed by atoms with Crippen molar-refractivity contribution in [1.29, 1.82) is 0 Å². The van der Waals surface area contributed by atoms with E-state index in [-0.39, 0.29) is 6.42 Å². The molecule has 1 aromatic carbocycles. The van der Waals surface area contributed by atoms with E-state index in [1.165, 1.54) is 0 Å². The summed E-state index contributed by atoms with van der Waals surface area (Å²) in [6.07, 6.45) is -4.43. The monoisotopic (exact) mass is 231 g/mol. The smallest absolute Gasteiger partial charge is 0.327 e. The molecule has 4 heteroatoms. The van der Waals surface area contributed by atoms with E-state index in [0.717, 1.165) is 11.1 Å². The standard InChI is InChI=1S/C12H16F3N/c1-9-4-2-3-5-10(9)8-11(16)6-7-12(13,14)15/h2-5,11H,6-8,16H2,1H3. The van der Waals surface area contributed by atoms with Gasteiger partial charge in [0.15, 0.2) is 0 Å². The van der Waals surface area contributed by atoms with E-state index in [1.807, 2.05) is 31.2 Å². The minimum absolute atomic E-state index is 0.0160. The van der Waals surface area contributed by atoms with Crippen molar-refractivity contribution in [3.05, 3.63) is 35.4 Å². The van der Waals surface area contributed by atoms with Crippen molar-refractivity contribution in [2.24, 2.45) is 5.73 Å². The maximum Gasteiger partial charge on any atom is 0.389 e. The van der Waals surface area contributed by atoms with Crippen LogP contribution in [0.25, 0.3) is 0 Å². The van der Waals surface area contributed by atoms with Crippen molar-refractivity contribution < 1.29 is 13.2 Å². The minimum atomic E-state index is -4.11. The highest BCUT2D eigenvalue weighted by Gasteiger charge is 2.27. The Labute approximate surface area is 93.5 Å². The summed E-state index contributed by atoms with van der Waals surface area (Å²) >= 11 is 0. The van der Waals surface area contributed by atoms with Gasteiger partial charge in [-0.15, -0.1) is 0 Å². The summed E-state index contributed by atoms with van der Waals surface area (Å²) < 4.78 is 35.9. The second-order valence-corrected chi connectivity index (χ2v) is 4.04. The van der Waals surface area contributed by atoms with Gasteiger partial charge in [-0.2, -0.15) is 13.2 Å². The van der Waals surface area contributed by atoms with Crippen LogP contribution < -0.4 is 5.73 Å². The van der Waals surface area contributed by atoms with Crippen LogP contribution in [0, 0.1) is 6.92 Å². The van der Waals surface area contributed by atoms with E-state index in [2.05, 4.69) is 0 Å². The lowest BCUT2D eigenvalue weighted by Crippen LogP contribution is -2.25. The fourth-order valence-electron chi connectivity index (χ4n) is 1.57. The topological polar surface area (TPSA) is 26.0 Å². The molecule has 0 saturated carbocycles. The van der Waals surface area contributed by atoms with Crippen molar-refractivity contribution in [3.63, 3.8) is 0 Å². The third-order valence-electron chi connectivity index (χ3n) is 2.54. The van der Waals surface area contributed by atoms with E-state index in [9.17, 15) is 13.2 Å². The second-order valence-electron chi connectivity index (χ2n) is 4.04. The number of hydrogen-bond acceptors (Lipinski definition) is 1. The van der Waals surface area contributed by atoms with E-state index in [0.29, 0.717) is 6.42 Å². The summed E-state index contributed by atoms with van der Waals surface area (Å²) in [4.78, 5) is 0. The third kappa shape index (κ3) is 4.66. The Kier molecular flexibility index (Phi) is 4.35. The molecule has 0 bridgehead atoms. The highest BCUT2D eigenvalue weighted by molar-refractivity contribution is 5.26. The largest absolute Gasteiger partial charge is 0.389 e. The minimum Gasteiger partial charge on any atom is -0.327 e. The Morgan fingerprint density at radius 1 is 1.25 bits per heavy atom. The van der Waals surface area contributed by atoms with E-state index in [1.54, 1.807) is 0 Å². The van der Waals surface area contributed by atoms with Crippen LogP contribution in [-0.4, -0.2) is 12.2 Å². The number of hydrogen-bond donors (Lipinski definition) is 1. The Balaban J connectivity index is 2.46. The number of benzene rings is 1. The van der Waals surface area contributed by atoms with Crippen LogP contribution in [0.5, 0.6) is 0 Å². The van der Waals surface area contributed by atoms with Crippen LogP contribution in [0.2, 0.25) is 0 Å². The first-order chi connectivity index (χ1) is 7.38. The van der Waals surface area contributed by atoms with E-state index < -0.39 is 18.6 Å². The van der Waals surface area contributed by atoms with E-state index in [4.69, 9.17) is 5.73 Å². The molecule has 0 spiro atoms. The molecule has 1 unspecified atom stereocenters. The number of rotatable bonds is 4. The summed E-state index contributed by atoms with van der Waals surface area (Å²) in [6.45, 7) is 1.94. The molecule has 0 aromatic heterocycles. The summed E-state index contributed by atoms with van der Waals surface area (Å²) in [7, 11) is 0. The van der Waals surface area contributed by atoms with Crippen LogP contribution >= 0.6 is 0 Å². The van der Waals surface area contributed by atoms with Crippen LogP contribution in [0.15, 0.2) is 24.3 Å². The summed E-state index contributed by atoms with van der Waals surface area (Å²) in [5.74, 6) is 0. The highest BCUT2D eigenvalue weighted by atomic mass is 19.4. The molecular weight excluding hydrogens is 215 g/mol. The molecule has 0 aliphatic heterocycles. The van der Waals surface area contributed by atoms with Gasteiger partial charge in [-0.3, -0.25) is 0 Å². The molecule has 16 heavy (non-hydrogen) atoms. The fraction of sp³-hybridized carbons (Fsp3) is 0.500. The first-order valence-electron chi connectivity index (χ1n) is 5.25. The van der Waals surface area contributed by atoms with Crippen molar-refractivity contribution in [3.8, 4) is 0 Å². The van der Waals surface area contributed by atoms with Gasteiger partial charge in [-0.25, -0.2) is 0 Å². The zero-order chi connectivity index (χ0) is 12.2. The zero-order valence-electron chi connectivity index (χ0n) is 9.22. The second kappa shape index (κ2) is 5.34. The van der Waals surface area contributed by atoms with Gasteiger partial charge in [0.25, 0.3) is 0 Å². The molecular formula is C12H16F3N. The summed E-state index contributed by atoms with van der Waals surface area (Å²) in [6, 6.07) is 7.19. The Morgan fingerprint density at radius 3 is 2.44 bits per heavy atom. The predicted octanol–water partition coefficient (Wildman–Crippen LogP) is 3.21. The van der Waals surface area contributed by atoms with Gasteiger partial charge in [0.05, 0.1) is 0 Å². The number of alkyl halides is 3. The lowest BCUT2D eigenvalue weighted by molar-refractivity contribution is -0.136. The molecule has 0 radical (unpaired) electrons. The molecule has 0 saturated heterocycles. The SMILES string of the molecule is Cc1ccccc1CC(N)CCC(F)(F)F. The van der Waals surface area contributed by atoms with Crippen molar-refractivity contribution in [2.75, 3.05) is 0 Å². The lowest BCUT2D eigenvalue weighted by atomic mass is 9.99. The molecule has 1 rings (SSSR count). The van der Waals surface area contributed by atoms with Crippen LogP contribution in [0.4, 0.5) is 13.2 Å². The number of aryl methyl sites for hydroxylation is 1. The number of nitrogens with two attached hydrogens (primary N) is 1. The van der Waals surface area contributed by atoms with Crippen LogP contribution in [-0.2, 0) is 6.42 Å². The quantitative estimate of drug-likeness (QED) is 0.846. The maximum absolute atomic E-state index is 12.0. The molecule has 0 amide bonds. The summed E-state index contributed by atoms with van der Waals surface area (Å²) in [5.41, 5.74) is 7.78. The molecule has 1 atom stereocenters. The van der Waals surface area contributed by atoms with Crippen molar-refractivity contribution in [2.45, 2.75) is 38.4 Å². The van der Waals surface area contributed by atoms with Gasteiger partial charge in [-0.1, -0.05) is 24.3 Å². The molecule has 0 heterocycles. The molecule has 1 nitrogen and oxygen atoms in total. The zero-order valence-corrected chi connectivity index (χ0v) is 9.22. The predicted molar refractivity (Wildman–Crippen MR) is 58.1 cm³/mol. The third-order valence-corrected chi connectivity index (χ3v) is 2.54. The van der Waals surface area contributed by atoms with Gasteiger partial charge in [-0.05, 0) is 30.9 Å². The van der Waals surface area contributed by atoms with E-state index >= 15 is 0 Å². The molecule has 1 aromatic rings. The molecule has 2 N–H and O–H groups in total. The van der Waals surface area contributed by atoms with Gasteiger partial charge >= 0.3 is 6.18 Å². The van der Waals surface area contributed by atoms with Crippen molar-refractivity contribution >= 4 is 0 Å². The van der Waals surface area contributed by atoms with Gasteiger partial charge in [0.1, 0.15) is 0 Å². The number of halogens is 3. The lowest BCUT2D eigenvalue weighted by Gasteiger charge is -2.14. The molecule has 90 valence electrons. The van der Waals surface area contributed by atoms with Crippen LogP contribution in [0.3, 0.4) is 0 Å². The first kappa shape index (κ1) is 13.0. The Hall–Kier alpha value is -1.03.